The molecule has 0 aliphatic rings. The molecule has 0 nitrogen and oxygen atoms in total. The summed E-state index contributed by atoms with van der Waals surface area (Å²) in [6.45, 7) is 6.39. The molecule has 0 radical (unpaired) electrons. The van der Waals surface area contributed by atoms with Crippen LogP contribution in [-0.4, -0.2) is 0 Å². The van der Waals surface area contributed by atoms with E-state index in [9.17, 15) is 0 Å². The molecule has 0 fully saturated rings. The fraction of sp³-hybridized carbons (Fsp3) is 0.615. The third kappa shape index (κ3) is 9.17. The lowest BCUT2D eigenvalue weighted by atomic mass is 10.1. The van der Waals surface area contributed by atoms with Crippen LogP contribution in [0.15, 0.2) is 29.5 Å². The minimum Gasteiger partial charge on any atom is -0.125 e. The lowest BCUT2D eigenvalue weighted by molar-refractivity contribution is 0.674. The zero-order chi connectivity index (χ0) is 9.94. The maximum atomic E-state index is 3.19. The van der Waals surface area contributed by atoms with Crippen molar-refractivity contribution in [2.45, 2.75) is 52.9 Å². The Labute approximate surface area is 83.0 Å². The first-order valence-electron chi connectivity index (χ1n) is 5.35. The Bertz CT molecular complexity index is 190. The Morgan fingerprint density at radius 2 is 2.00 bits per heavy atom. The van der Waals surface area contributed by atoms with E-state index >= 15 is 0 Å². The maximum Gasteiger partial charge on any atom is -0.0177 e. The van der Waals surface area contributed by atoms with Gasteiger partial charge in [0.1, 0.15) is 0 Å². The fourth-order valence-electron chi connectivity index (χ4n) is 1.03. The normalized spacial score (nSPS) is 10.8. The first-order valence-corrected chi connectivity index (χ1v) is 5.35. The van der Waals surface area contributed by atoms with Crippen LogP contribution in [0.25, 0.3) is 0 Å². The standard InChI is InChI=1S/C13H22/c1-4-6-7-8-9-10-11-12-13(3)5-2/h5,10,12H,4,6-9H2,1-3H3/b13-5+. The molecule has 0 atom stereocenters. The molecule has 0 saturated heterocycles. The molecule has 0 aromatic rings. The van der Waals surface area contributed by atoms with Crippen LogP contribution in [-0.2, 0) is 0 Å². The van der Waals surface area contributed by atoms with E-state index in [2.05, 4.69) is 38.7 Å². The molecule has 0 spiro atoms. The zero-order valence-electron chi connectivity index (χ0n) is 9.27. The summed E-state index contributed by atoms with van der Waals surface area (Å²) in [5.74, 6) is 0. The van der Waals surface area contributed by atoms with Crippen molar-refractivity contribution >= 4 is 0 Å². The molecule has 0 aromatic heterocycles. The average Bonchev–Trinajstić information content (AvgIpc) is 2.16. The quantitative estimate of drug-likeness (QED) is 0.316. The van der Waals surface area contributed by atoms with Gasteiger partial charge >= 0.3 is 0 Å². The molecule has 13 heavy (non-hydrogen) atoms. The summed E-state index contributed by atoms with van der Waals surface area (Å²) < 4.78 is 0. The van der Waals surface area contributed by atoms with E-state index in [1.54, 1.807) is 0 Å². The predicted octanol–water partition coefficient (Wildman–Crippen LogP) is 4.63. The number of hydrogen-bond donors (Lipinski definition) is 0. The molecule has 74 valence electrons. The van der Waals surface area contributed by atoms with Gasteiger partial charge in [0.05, 0.1) is 0 Å². The van der Waals surface area contributed by atoms with Crippen LogP contribution in [0.3, 0.4) is 0 Å². The van der Waals surface area contributed by atoms with E-state index in [0.29, 0.717) is 0 Å². The van der Waals surface area contributed by atoms with Crippen LogP contribution in [0.4, 0.5) is 0 Å². The molecule has 0 N–H and O–H groups in total. The lowest BCUT2D eigenvalue weighted by Gasteiger charge is -1.92. The molecule has 0 bridgehead atoms. The number of allylic oxidation sites excluding steroid dienone is 3. The van der Waals surface area contributed by atoms with Crippen LogP contribution in [0, 0.1) is 0 Å². The number of hydrogen-bond acceptors (Lipinski definition) is 0. The van der Waals surface area contributed by atoms with Gasteiger partial charge in [-0.15, -0.1) is 5.73 Å². The van der Waals surface area contributed by atoms with Gasteiger partial charge in [-0.05, 0) is 44.4 Å². The average molecular weight is 178 g/mol. The van der Waals surface area contributed by atoms with Crippen molar-refractivity contribution in [1.82, 2.24) is 0 Å². The minimum absolute atomic E-state index is 1.17. The van der Waals surface area contributed by atoms with Crippen LogP contribution in [0.5, 0.6) is 0 Å². The first kappa shape index (κ1) is 12.3. The third-order valence-corrected chi connectivity index (χ3v) is 2.09. The molecule has 0 aromatic carbocycles. The Morgan fingerprint density at radius 1 is 1.23 bits per heavy atom. The van der Waals surface area contributed by atoms with Crippen LogP contribution in [0.2, 0.25) is 0 Å². The summed E-state index contributed by atoms with van der Waals surface area (Å²) in [5.41, 5.74) is 4.48. The summed E-state index contributed by atoms with van der Waals surface area (Å²) in [5, 5.41) is 0. The highest BCUT2D eigenvalue weighted by Gasteiger charge is 1.83. The number of rotatable bonds is 6. The molecule has 0 aliphatic carbocycles. The molecule has 0 saturated carbocycles. The monoisotopic (exact) mass is 178 g/mol. The Hall–Kier alpha value is -0.740. The molecule has 0 amide bonds. The predicted molar refractivity (Wildman–Crippen MR) is 60.8 cm³/mol. The van der Waals surface area contributed by atoms with Gasteiger partial charge in [0.15, 0.2) is 0 Å². The fourth-order valence-corrected chi connectivity index (χ4v) is 1.03. The summed E-state index contributed by atoms with van der Waals surface area (Å²) in [7, 11) is 0. The molecule has 0 unspecified atom stereocenters. The zero-order valence-corrected chi connectivity index (χ0v) is 9.27. The van der Waals surface area contributed by atoms with Crippen molar-refractivity contribution in [1.29, 1.82) is 0 Å². The highest BCUT2D eigenvalue weighted by Crippen LogP contribution is 2.02. The lowest BCUT2D eigenvalue weighted by Crippen LogP contribution is -1.72. The van der Waals surface area contributed by atoms with Crippen molar-refractivity contribution in [3.05, 3.63) is 29.5 Å². The van der Waals surface area contributed by atoms with Crippen molar-refractivity contribution in [3.8, 4) is 0 Å². The second-order valence-electron chi connectivity index (χ2n) is 3.40. The summed E-state index contributed by atoms with van der Waals surface area (Å²) in [6, 6.07) is 0. The Kier molecular flexibility index (Phi) is 8.82. The third-order valence-electron chi connectivity index (χ3n) is 2.09. The van der Waals surface area contributed by atoms with Gasteiger partial charge in [-0.3, -0.25) is 0 Å². The van der Waals surface area contributed by atoms with Gasteiger partial charge in [-0.25, -0.2) is 0 Å². The number of unbranched alkanes of at least 4 members (excludes halogenated alkanes) is 4. The first-order chi connectivity index (χ1) is 6.31. The smallest absolute Gasteiger partial charge is 0.0177 e. The van der Waals surface area contributed by atoms with Crippen LogP contribution < -0.4 is 0 Å². The van der Waals surface area contributed by atoms with Crippen LogP contribution in [0.1, 0.15) is 52.9 Å². The van der Waals surface area contributed by atoms with E-state index in [1.807, 2.05) is 6.08 Å². The second-order valence-corrected chi connectivity index (χ2v) is 3.40. The summed E-state index contributed by atoms with van der Waals surface area (Å²) >= 11 is 0. The maximum absolute atomic E-state index is 3.19. The van der Waals surface area contributed by atoms with Crippen molar-refractivity contribution in [2.75, 3.05) is 0 Å². The second kappa shape index (κ2) is 9.35. The van der Waals surface area contributed by atoms with Gasteiger partial charge in [0, 0.05) is 0 Å². The highest BCUT2D eigenvalue weighted by atomic mass is 13.9. The van der Waals surface area contributed by atoms with Gasteiger partial charge < -0.3 is 0 Å². The topological polar surface area (TPSA) is 0 Å². The van der Waals surface area contributed by atoms with E-state index < -0.39 is 0 Å². The summed E-state index contributed by atoms with van der Waals surface area (Å²) in [6.07, 6.45) is 12.8. The van der Waals surface area contributed by atoms with E-state index in [1.165, 1.54) is 37.7 Å². The molecule has 0 rings (SSSR count). The molecule has 0 aliphatic heterocycles. The van der Waals surface area contributed by atoms with E-state index in [-0.39, 0.29) is 0 Å². The molecule has 0 heteroatoms. The molecular formula is C13H22. The highest BCUT2D eigenvalue weighted by molar-refractivity contribution is 5.14. The SMILES string of the molecule is C/C=C(\C)C=C=CCCCCCC. The largest absolute Gasteiger partial charge is 0.125 e. The summed E-state index contributed by atoms with van der Waals surface area (Å²) in [4.78, 5) is 0. The molecule has 0 heterocycles. The minimum atomic E-state index is 1.17. The van der Waals surface area contributed by atoms with Crippen molar-refractivity contribution < 1.29 is 0 Å². The van der Waals surface area contributed by atoms with Gasteiger partial charge in [0.2, 0.25) is 0 Å². The van der Waals surface area contributed by atoms with Crippen molar-refractivity contribution in [3.63, 3.8) is 0 Å². The molecular weight excluding hydrogens is 156 g/mol. The van der Waals surface area contributed by atoms with Gasteiger partial charge in [0.25, 0.3) is 0 Å². The van der Waals surface area contributed by atoms with E-state index in [4.69, 9.17) is 0 Å². The van der Waals surface area contributed by atoms with Crippen molar-refractivity contribution in [2.24, 2.45) is 0 Å². The van der Waals surface area contributed by atoms with Gasteiger partial charge in [-0.1, -0.05) is 32.3 Å². The van der Waals surface area contributed by atoms with Gasteiger partial charge in [-0.2, -0.15) is 0 Å². The Balaban J connectivity index is 3.46. The Morgan fingerprint density at radius 3 is 2.62 bits per heavy atom. The van der Waals surface area contributed by atoms with E-state index in [0.717, 1.165) is 0 Å². The van der Waals surface area contributed by atoms with Crippen LogP contribution >= 0.6 is 0 Å².